The van der Waals surface area contributed by atoms with E-state index in [1.165, 1.54) is 0 Å². The standard InChI is InChI=1S/C19H13N3/c20-12-16-11-17(13-21)19(15-9-5-2-6-10-15)22-18(16)14-7-3-1-4-8-14/h1-10,22H,11H2. The minimum absolute atomic E-state index is 0.356. The van der Waals surface area contributed by atoms with Gasteiger partial charge in [-0.3, -0.25) is 0 Å². The van der Waals surface area contributed by atoms with Gasteiger partial charge in [-0.25, -0.2) is 0 Å². The van der Waals surface area contributed by atoms with Crippen molar-refractivity contribution in [2.45, 2.75) is 6.42 Å². The molecule has 3 rings (SSSR count). The van der Waals surface area contributed by atoms with E-state index >= 15 is 0 Å². The van der Waals surface area contributed by atoms with Crippen LogP contribution in [-0.4, -0.2) is 0 Å². The molecular weight excluding hydrogens is 270 g/mol. The van der Waals surface area contributed by atoms with Crippen molar-refractivity contribution in [1.29, 1.82) is 10.5 Å². The summed E-state index contributed by atoms with van der Waals surface area (Å²) in [5.41, 5.74) is 4.63. The molecule has 1 aliphatic heterocycles. The molecule has 0 radical (unpaired) electrons. The highest BCUT2D eigenvalue weighted by Crippen LogP contribution is 2.32. The predicted molar refractivity (Wildman–Crippen MR) is 85.7 cm³/mol. The number of allylic oxidation sites excluding steroid dienone is 2. The summed E-state index contributed by atoms with van der Waals surface area (Å²) in [7, 11) is 0. The maximum atomic E-state index is 9.41. The summed E-state index contributed by atoms with van der Waals surface area (Å²) in [4.78, 5) is 0. The van der Waals surface area contributed by atoms with Crippen molar-refractivity contribution >= 4 is 11.4 Å². The van der Waals surface area contributed by atoms with Crippen LogP contribution in [0.5, 0.6) is 0 Å². The first-order valence-electron chi connectivity index (χ1n) is 6.98. The first kappa shape index (κ1) is 13.7. The van der Waals surface area contributed by atoms with Gasteiger partial charge >= 0.3 is 0 Å². The van der Waals surface area contributed by atoms with Crippen molar-refractivity contribution in [2.75, 3.05) is 0 Å². The van der Waals surface area contributed by atoms with E-state index < -0.39 is 0 Å². The predicted octanol–water partition coefficient (Wildman–Crippen LogP) is 3.85. The molecular formula is C19H13N3. The summed E-state index contributed by atoms with van der Waals surface area (Å²) in [6, 6.07) is 23.9. The fourth-order valence-electron chi connectivity index (χ4n) is 2.52. The normalized spacial score (nSPS) is 14.1. The molecule has 104 valence electrons. The lowest BCUT2D eigenvalue weighted by atomic mass is 9.93. The van der Waals surface area contributed by atoms with Crippen molar-refractivity contribution < 1.29 is 0 Å². The molecule has 0 fully saturated rings. The highest BCUT2D eigenvalue weighted by atomic mass is 14.9. The van der Waals surface area contributed by atoms with Crippen molar-refractivity contribution in [2.24, 2.45) is 0 Å². The van der Waals surface area contributed by atoms with Crippen LogP contribution in [0.25, 0.3) is 11.4 Å². The quantitative estimate of drug-likeness (QED) is 0.910. The van der Waals surface area contributed by atoms with Gasteiger partial charge in [-0.15, -0.1) is 0 Å². The van der Waals surface area contributed by atoms with E-state index in [0.717, 1.165) is 22.5 Å². The molecule has 0 amide bonds. The van der Waals surface area contributed by atoms with Crippen LogP contribution in [0.2, 0.25) is 0 Å². The molecule has 0 atom stereocenters. The van der Waals surface area contributed by atoms with Crippen LogP contribution in [0.1, 0.15) is 17.5 Å². The van der Waals surface area contributed by atoms with E-state index in [0.29, 0.717) is 17.6 Å². The average Bonchev–Trinajstić information content (AvgIpc) is 2.62. The van der Waals surface area contributed by atoms with Crippen LogP contribution in [0, 0.1) is 22.7 Å². The van der Waals surface area contributed by atoms with Crippen LogP contribution >= 0.6 is 0 Å². The van der Waals surface area contributed by atoms with E-state index in [2.05, 4.69) is 17.5 Å². The molecule has 2 aromatic carbocycles. The minimum Gasteiger partial charge on any atom is -0.353 e. The maximum Gasteiger partial charge on any atom is 0.0973 e. The molecule has 22 heavy (non-hydrogen) atoms. The maximum absolute atomic E-state index is 9.41. The molecule has 0 aromatic heterocycles. The Morgan fingerprint density at radius 3 is 1.45 bits per heavy atom. The number of hydrogen-bond acceptors (Lipinski definition) is 3. The Labute approximate surface area is 129 Å². The number of benzene rings is 2. The zero-order valence-corrected chi connectivity index (χ0v) is 11.9. The van der Waals surface area contributed by atoms with Gasteiger partial charge in [0.2, 0.25) is 0 Å². The van der Waals surface area contributed by atoms with E-state index in [-0.39, 0.29) is 0 Å². The lowest BCUT2D eigenvalue weighted by molar-refractivity contribution is 1.08. The fourth-order valence-corrected chi connectivity index (χ4v) is 2.52. The van der Waals surface area contributed by atoms with E-state index in [1.807, 2.05) is 60.7 Å². The molecule has 0 unspecified atom stereocenters. The van der Waals surface area contributed by atoms with Gasteiger partial charge < -0.3 is 5.32 Å². The van der Waals surface area contributed by atoms with Gasteiger partial charge in [-0.2, -0.15) is 10.5 Å². The van der Waals surface area contributed by atoms with Gasteiger partial charge in [0.05, 0.1) is 34.7 Å². The summed E-state index contributed by atoms with van der Waals surface area (Å²) >= 11 is 0. The third-order valence-corrected chi connectivity index (χ3v) is 3.60. The number of nitriles is 2. The zero-order chi connectivity index (χ0) is 15.4. The summed E-state index contributed by atoms with van der Waals surface area (Å²) < 4.78 is 0. The molecule has 1 heterocycles. The van der Waals surface area contributed by atoms with Crippen molar-refractivity contribution in [3.63, 3.8) is 0 Å². The summed E-state index contributed by atoms with van der Waals surface area (Å²) in [6.07, 6.45) is 0.356. The lowest BCUT2D eigenvalue weighted by Gasteiger charge is -2.23. The first-order valence-corrected chi connectivity index (χ1v) is 6.98. The molecule has 3 nitrogen and oxygen atoms in total. The molecule has 0 saturated heterocycles. The first-order chi connectivity index (χ1) is 10.8. The van der Waals surface area contributed by atoms with Crippen molar-refractivity contribution in [3.05, 3.63) is 82.9 Å². The highest BCUT2D eigenvalue weighted by molar-refractivity contribution is 5.86. The SMILES string of the molecule is N#CC1=C(c2ccccc2)NC(c2ccccc2)=C(C#N)C1. The Morgan fingerprint density at radius 2 is 1.09 bits per heavy atom. The number of hydrogen-bond donors (Lipinski definition) is 1. The van der Waals surface area contributed by atoms with Gasteiger partial charge in [-0.1, -0.05) is 60.7 Å². The smallest absolute Gasteiger partial charge is 0.0973 e. The second-order valence-corrected chi connectivity index (χ2v) is 4.96. The van der Waals surface area contributed by atoms with Crippen LogP contribution in [0.15, 0.2) is 71.8 Å². The zero-order valence-electron chi connectivity index (χ0n) is 11.9. The van der Waals surface area contributed by atoms with Crippen molar-refractivity contribution in [3.8, 4) is 12.1 Å². The topological polar surface area (TPSA) is 59.6 Å². The second kappa shape index (κ2) is 5.99. The van der Waals surface area contributed by atoms with Crippen LogP contribution < -0.4 is 5.32 Å². The van der Waals surface area contributed by atoms with Gasteiger partial charge in [0.25, 0.3) is 0 Å². The third kappa shape index (κ3) is 2.49. The summed E-state index contributed by atoms with van der Waals surface area (Å²) in [5, 5.41) is 22.1. The molecule has 0 bridgehead atoms. The van der Waals surface area contributed by atoms with Gasteiger partial charge in [0, 0.05) is 6.42 Å². The molecule has 0 spiro atoms. The summed E-state index contributed by atoms with van der Waals surface area (Å²) in [5.74, 6) is 0. The number of rotatable bonds is 2. The number of nitrogens with one attached hydrogen (secondary N) is 1. The van der Waals surface area contributed by atoms with E-state index in [9.17, 15) is 10.5 Å². The van der Waals surface area contributed by atoms with E-state index in [4.69, 9.17) is 0 Å². The van der Waals surface area contributed by atoms with Gasteiger partial charge in [-0.05, 0) is 11.1 Å². The molecule has 0 saturated carbocycles. The molecule has 2 aromatic rings. The van der Waals surface area contributed by atoms with Crippen LogP contribution in [-0.2, 0) is 0 Å². The molecule has 1 N–H and O–H groups in total. The largest absolute Gasteiger partial charge is 0.353 e. The van der Waals surface area contributed by atoms with Gasteiger partial charge in [0.1, 0.15) is 0 Å². The Balaban J connectivity index is 2.09. The fraction of sp³-hybridized carbons (Fsp3) is 0.0526. The van der Waals surface area contributed by atoms with E-state index in [1.54, 1.807) is 0 Å². The number of dihydropyridines is 1. The number of nitrogens with zero attached hydrogens (tertiary/aromatic N) is 2. The Bertz CT molecular complexity index is 760. The minimum atomic E-state index is 0.356. The molecule has 0 aliphatic carbocycles. The van der Waals surface area contributed by atoms with Crippen molar-refractivity contribution in [1.82, 2.24) is 5.32 Å². The van der Waals surface area contributed by atoms with Crippen LogP contribution in [0.4, 0.5) is 0 Å². The molecule has 1 aliphatic rings. The summed E-state index contributed by atoms with van der Waals surface area (Å²) in [6.45, 7) is 0. The Morgan fingerprint density at radius 1 is 0.682 bits per heavy atom. The highest BCUT2D eigenvalue weighted by Gasteiger charge is 2.22. The Kier molecular flexibility index (Phi) is 3.72. The monoisotopic (exact) mass is 283 g/mol. The Hall–Kier alpha value is -3.30. The van der Waals surface area contributed by atoms with Crippen LogP contribution in [0.3, 0.4) is 0 Å². The third-order valence-electron chi connectivity index (χ3n) is 3.60. The lowest BCUT2D eigenvalue weighted by Crippen LogP contribution is -2.19. The average molecular weight is 283 g/mol. The van der Waals surface area contributed by atoms with Gasteiger partial charge in [0.15, 0.2) is 0 Å². The second-order valence-electron chi connectivity index (χ2n) is 4.96. The molecule has 3 heteroatoms.